The molecule has 3 heteroatoms. The van der Waals surface area contributed by atoms with Crippen LogP contribution in [0.1, 0.15) is 49.8 Å². The highest BCUT2D eigenvalue weighted by Gasteiger charge is 2.15. The standard InChI is InChI=1S/C16H24O3/c1-12-7-8-16(15(11-12)13(2)17)19-10-4-6-14-5-3-9-18-14/h7-8,11,13-14,17H,3-6,9-10H2,1-2H3/t13-,14?/m0/s1. The van der Waals surface area contributed by atoms with Crippen LogP contribution in [0.15, 0.2) is 18.2 Å². The van der Waals surface area contributed by atoms with Crippen molar-refractivity contribution in [3.8, 4) is 5.75 Å². The zero-order valence-corrected chi connectivity index (χ0v) is 11.9. The SMILES string of the molecule is Cc1ccc(OCCCC2CCCO2)c([C@H](C)O)c1. The Hall–Kier alpha value is -1.06. The average molecular weight is 264 g/mol. The Morgan fingerprint density at radius 2 is 2.32 bits per heavy atom. The molecule has 0 aliphatic carbocycles. The fourth-order valence-corrected chi connectivity index (χ4v) is 2.49. The summed E-state index contributed by atoms with van der Waals surface area (Å²) >= 11 is 0. The van der Waals surface area contributed by atoms with Crippen molar-refractivity contribution in [2.75, 3.05) is 13.2 Å². The molecule has 1 unspecified atom stereocenters. The van der Waals surface area contributed by atoms with Crippen molar-refractivity contribution in [1.82, 2.24) is 0 Å². The summed E-state index contributed by atoms with van der Waals surface area (Å²) in [5, 5.41) is 9.76. The van der Waals surface area contributed by atoms with Crippen LogP contribution in [0.25, 0.3) is 0 Å². The van der Waals surface area contributed by atoms with Gasteiger partial charge in [-0.15, -0.1) is 0 Å². The Labute approximate surface area is 115 Å². The summed E-state index contributed by atoms with van der Waals surface area (Å²) < 4.78 is 11.4. The van der Waals surface area contributed by atoms with E-state index in [2.05, 4.69) is 0 Å². The first-order valence-electron chi connectivity index (χ1n) is 7.20. The van der Waals surface area contributed by atoms with Gasteiger partial charge in [0.2, 0.25) is 0 Å². The van der Waals surface area contributed by atoms with Gasteiger partial charge in [0.25, 0.3) is 0 Å². The van der Waals surface area contributed by atoms with E-state index in [0.29, 0.717) is 12.7 Å². The van der Waals surface area contributed by atoms with E-state index < -0.39 is 6.10 Å². The normalized spacial score (nSPS) is 20.5. The molecule has 1 heterocycles. The molecule has 2 atom stereocenters. The molecule has 3 nitrogen and oxygen atoms in total. The summed E-state index contributed by atoms with van der Waals surface area (Å²) in [6.45, 7) is 5.39. The Morgan fingerprint density at radius 3 is 3.00 bits per heavy atom. The van der Waals surface area contributed by atoms with E-state index in [9.17, 15) is 5.11 Å². The number of aliphatic hydroxyl groups is 1. The lowest BCUT2D eigenvalue weighted by atomic mass is 10.1. The number of ether oxygens (including phenoxy) is 2. The maximum absolute atomic E-state index is 9.76. The predicted molar refractivity (Wildman–Crippen MR) is 75.5 cm³/mol. The highest BCUT2D eigenvalue weighted by molar-refractivity contribution is 5.38. The summed E-state index contributed by atoms with van der Waals surface area (Å²) in [4.78, 5) is 0. The largest absolute Gasteiger partial charge is 0.493 e. The van der Waals surface area contributed by atoms with E-state index in [4.69, 9.17) is 9.47 Å². The van der Waals surface area contributed by atoms with Gasteiger partial charge >= 0.3 is 0 Å². The van der Waals surface area contributed by atoms with Crippen LogP contribution in [0.5, 0.6) is 5.75 Å². The molecule has 0 spiro atoms. The molecule has 1 aromatic rings. The number of hydrogen-bond acceptors (Lipinski definition) is 3. The van der Waals surface area contributed by atoms with Crippen LogP contribution in [0.2, 0.25) is 0 Å². The van der Waals surface area contributed by atoms with Gasteiger partial charge < -0.3 is 14.6 Å². The minimum atomic E-state index is -0.493. The van der Waals surface area contributed by atoms with E-state index in [1.54, 1.807) is 6.92 Å². The molecule has 1 aliphatic heterocycles. The van der Waals surface area contributed by atoms with Crippen LogP contribution < -0.4 is 4.74 Å². The molecular formula is C16H24O3. The molecule has 1 N–H and O–H groups in total. The lowest BCUT2D eigenvalue weighted by molar-refractivity contribution is 0.0978. The third-order valence-corrected chi connectivity index (χ3v) is 3.57. The molecule has 1 aromatic carbocycles. The minimum absolute atomic E-state index is 0.429. The fraction of sp³-hybridized carbons (Fsp3) is 0.625. The van der Waals surface area contributed by atoms with Gasteiger partial charge in [-0.25, -0.2) is 0 Å². The number of hydrogen-bond donors (Lipinski definition) is 1. The molecule has 2 rings (SSSR count). The zero-order chi connectivity index (χ0) is 13.7. The molecule has 0 bridgehead atoms. The summed E-state index contributed by atoms with van der Waals surface area (Å²) in [7, 11) is 0. The highest BCUT2D eigenvalue weighted by Crippen LogP contribution is 2.26. The van der Waals surface area contributed by atoms with E-state index in [0.717, 1.165) is 36.3 Å². The summed E-state index contributed by atoms with van der Waals surface area (Å²) in [6, 6.07) is 5.95. The number of rotatable bonds is 6. The second kappa shape index (κ2) is 6.92. The van der Waals surface area contributed by atoms with Crippen molar-refractivity contribution in [2.24, 2.45) is 0 Å². The predicted octanol–water partition coefficient (Wildman–Crippen LogP) is 3.39. The molecule has 106 valence electrons. The van der Waals surface area contributed by atoms with E-state index in [-0.39, 0.29) is 0 Å². The third-order valence-electron chi connectivity index (χ3n) is 3.57. The molecule has 0 aromatic heterocycles. The third kappa shape index (κ3) is 4.22. The topological polar surface area (TPSA) is 38.7 Å². The van der Waals surface area contributed by atoms with Crippen LogP contribution in [-0.4, -0.2) is 24.4 Å². The second-order valence-corrected chi connectivity index (χ2v) is 5.34. The van der Waals surface area contributed by atoms with Gasteiger partial charge in [-0.1, -0.05) is 11.6 Å². The van der Waals surface area contributed by atoms with E-state index >= 15 is 0 Å². The lowest BCUT2D eigenvalue weighted by Gasteiger charge is -2.15. The number of aryl methyl sites for hydroxylation is 1. The smallest absolute Gasteiger partial charge is 0.125 e. The van der Waals surface area contributed by atoms with Gasteiger partial charge in [0.15, 0.2) is 0 Å². The molecule has 0 amide bonds. The van der Waals surface area contributed by atoms with Crippen molar-refractivity contribution < 1.29 is 14.6 Å². The molecule has 1 fully saturated rings. The first-order chi connectivity index (χ1) is 9.16. The average Bonchev–Trinajstić information content (AvgIpc) is 2.89. The Bertz CT molecular complexity index is 395. The quantitative estimate of drug-likeness (QED) is 0.800. The number of benzene rings is 1. The van der Waals surface area contributed by atoms with E-state index in [1.807, 2.05) is 25.1 Å². The number of aliphatic hydroxyl groups excluding tert-OH is 1. The van der Waals surface area contributed by atoms with Crippen LogP contribution in [0.4, 0.5) is 0 Å². The van der Waals surface area contributed by atoms with Crippen LogP contribution in [0, 0.1) is 6.92 Å². The van der Waals surface area contributed by atoms with Gasteiger partial charge in [-0.2, -0.15) is 0 Å². The molecule has 1 saturated heterocycles. The first kappa shape index (κ1) is 14.4. The lowest BCUT2D eigenvalue weighted by Crippen LogP contribution is -2.08. The molecule has 0 radical (unpaired) electrons. The maximum Gasteiger partial charge on any atom is 0.125 e. The van der Waals surface area contributed by atoms with Crippen molar-refractivity contribution >= 4 is 0 Å². The van der Waals surface area contributed by atoms with Gasteiger partial charge in [0.05, 0.1) is 18.8 Å². The summed E-state index contributed by atoms with van der Waals surface area (Å²) in [5.74, 6) is 0.799. The van der Waals surface area contributed by atoms with Crippen LogP contribution in [0.3, 0.4) is 0 Å². The Morgan fingerprint density at radius 1 is 1.47 bits per heavy atom. The molecular weight excluding hydrogens is 240 g/mol. The van der Waals surface area contributed by atoms with Crippen LogP contribution in [-0.2, 0) is 4.74 Å². The van der Waals surface area contributed by atoms with Crippen molar-refractivity contribution in [3.05, 3.63) is 29.3 Å². The van der Waals surface area contributed by atoms with Crippen LogP contribution >= 0.6 is 0 Å². The molecule has 19 heavy (non-hydrogen) atoms. The molecule has 0 saturated carbocycles. The minimum Gasteiger partial charge on any atom is -0.493 e. The second-order valence-electron chi connectivity index (χ2n) is 5.34. The molecule has 1 aliphatic rings. The van der Waals surface area contributed by atoms with Crippen molar-refractivity contribution in [2.45, 2.75) is 51.7 Å². The maximum atomic E-state index is 9.76. The summed E-state index contributed by atoms with van der Waals surface area (Å²) in [5.41, 5.74) is 2.01. The zero-order valence-electron chi connectivity index (χ0n) is 11.9. The van der Waals surface area contributed by atoms with Gasteiger partial charge in [0.1, 0.15) is 5.75 Å². The van der Waals surface area contributed by atoms with Crippen molar-refractivity contribution in [1.29, 1.82) is 0 Å². The first-order valence-corrected chi connectivity index (χ1v) is 7.20. The fourth-order valence-electron chi connectivity index (χ4n) is 2.49. The summed E-state index contributed by atoms with van der Waals surface area (Å²) in [6.07, 6.45) is 4.37. The Kier molecular flexibility index (Phi) is 5.23. The Balaban J connectivity index is 1.81. The van der Waals surface area contributed by atoms with Gasteiger partial charge in [0, 0.05) is 12.2 Å². The van der Waals surface area contributed by atoms with Gasteiger partial charge in [-0.3, -0.25) is 0 Å². The van der Waals surface area contributed by atoms with Gasteiger partial charge in [-0.05, 0) is 51.7 Å². The van der Waals surface area contributed by atoms with Crippen molar-refractivity contribution in [3.63, 3.8) is 0 Å². The van der Waals surface area contributed by atoms with E-state index in [1.165, 1.54) is 12.8 Å². The highest BCUT2D eigenvalue weighted by atomic mass is 16.5. The monoisotopic (exact) mass is 264 g/mol.